The number of benzene rings is 1. The van der Waals surface area contributed by atoms with Gasteiger partial charge in [0.2, 0.25) is 16.1 Å². The summed E-state index contributed by atoms with van der Waals surface area (Å²) in [5.74, 6) is -0.585. The molecule has 1 aromatic rings. The number of hydrogen-bond acceptors (Lipinski definition) is 8. The van der Waals surface area contributed by atoms with Crippen LogP contribution < -0.4 is 4.89 Å². The second-order valence-corrected chi connectivity index (χ2v) is 11.7. The Balaban J connectivity index is 1.58. The highest BCUT2D eigenvalue weighted by atomic mass is 32.2. The number of hydrogen-bond donors (Lipinski definition) is 1. The highest BCUT2D eigenvalue weighted by Crippen LogP contribution is 2.39. The number of nitrogens with zero attached hydrogens (tertiary/aromatic N) is 2. The van der Waals surface area contributed by atoms with Gasteiger partial charge in [0.1, 0.15) is 12.4 Å². The molecule has 3 rings (SSSR count). The van der Waals surface area contributed by atoms with Crippen molar-refractivity contribution in [2.24, 2.45) is 0 Å². The SMILES string of the molecule is CN([C@H]1COC2(CCN(C(=O)O[C@H](COP(=O)([O-])O)C(F)(F)F)CC2)C1)S(=O)(=O)c1ccc(F)cc1. The molecule has 2 aliphatic heterocycles. The summed E-state index contributed by atoms with van der Waals surface area (Å²) < 4.78 is 104. The average molecular weight is 563 g/mol. The molecule has 17 heteroatoms. The fraction of sp³-hybridized carbons (Fsp3) is 0.632. The molecule has 1 N–H and O–H groups in total. The lowest BCUT2D eigenvalue weighted by atomic mass is 9.87. The first-order chi connectivity index (χ1) is 16.5. The minimum absolute atomic E-state index is 0.0469. The zero-order chi connectivity index (χ0) is 26.9. The average Bonchev–Trinajstić information content (AvgIpc) is 3.18. The molecule has 0 aromatic heterocycles. The van der Waals surface area contributed by atoms with Crippen molar-refractivity contribution in [3.63, 3.8) is 0 Å². The molecule has 2 heterocycles. The second-order valence-electron chi connectivity index (χ2n) is 8.49. The number of phosphoric acid groups is 1. The minimum atomic E-state index is -5.47. The number of amides is 1. The van der Waals surface area contributed by atoms with E-state index in [-0.39, 0.29) is 43.9 Å². The maximum atomic E-state index is 13.2. The molecule has 2 fully saturated rings. The fourth-order valence-corrected chi connectivity index (χ4v) is 5.69. The lowest BCUT2D eigenvalue weighted by Crippen LogP contribution is -2.49. The molecule has 204 valence electrons. The number of piperidine rings is 1. The zero-order valence-electron chi connectivity index (χ0n) is 18.9. The van der Waals surface area contributed by atoms with Crippen LogP contribution >= 0.6 is 7.82 Å². The van der Waals surface area contributed by atoms with Gasteiger partial charge in [0.05, 0.1) is 23.1 Å². The summed E-state index contributed by atoms with van der Waals surface area (Å²) in [6.07, 6.45) is -8.80. The Bertz CT molecular complexity index is 1090. The Morgan fingerprint density at radius 3 is 2.44 bits per heavy atom. The largest absolute Gasteiger partial charge is 0.756 e. The summed E-state index contributed by atoms with van der Waals surface area (Å²) in [7, 11) is -8.04. The monoisotopic (exact) mass is 563 g/mol. The van der Waals surface area contributed by atoms with Crippen molar-refractivity contribution in [1.82, 2.24) is 9.21 Å². The van der Waals surface area contributed by atoms with Crippen LogP contribution in [0.25, 0.3) is 0 Å². The molecule has 0 saturated carbocycles. The van der Waals surface area contributed by atoms with Gasteiger partial charge in [0.25, 0.3) is 7.82 Å². The standard InChI is InChI=1S/C19H25F4N2O9PS/c1-24(36(30,31)15-4-2-13(20)3-5-15)14-10-18(32-11-14)6-8-25(9-7-18)17(26)34-16(19(21,22)23)12-33-35(27,28)29/h2-5,14,16H,6-12H2,1H3,(H2,27,28,29)/p-1/t14-,16-/m1/s1. The summed E-state index contributed by atoms with van der Waals surface area (Å²) in [6.45, 7) is -1.72. The maximum absolute atomic E-state index is 13.2. The Morgan fingerprint density at radius 1 is 1.33 bits per heavy atom. The van der Waals surface area contributed by atoms with Crippen LogP contribution in [-0.2, 0) is 28.6 Å². The minimum Gasteiger partial charge on any atom is -0.756 e. The first-order valence-corrected chi connectivity index (χ1v) is 13.5. The lowest BCUT2D eigenvalue weighted by molar-refractivity contribution is -0.238. The van der Waals surface area contributed by atoms with E-state index in [0.29, 0.717) is 0 Å². The summed E-state index contributed by atoms with van der Waals surface area (Å²) in [5, 5.41) is 0. The third kappa shape index (κ3) is 6.94. The van der Waals surface area contributed by atoms with Crippen LogP contribution in [0.15, 0.2) is 29.2 Å². The smallest absolute Gasteiger partial charge is 0.427 e. The van der Waals surface area contributed by atoms with Crippen molar-refractivity contribution in [3.05, 3.63) is 30.1 Å². The van der Waals surface area contributed by atoms with Gasteiger partial charge in [-0.1, -0.05) is 0 Å². The van der Waals surface area contributed by atoms with Gasteiger partial charge in [-0.2, -0.15) is 17.5 Å². The molecule has 0 radical (unpaired) electrons. The topological polar surface area (TPSA) is 146 Å². The van der Waals surface area contributed by atoms with Crippen LogP contribution in [-0.4, -0.2) is 85.9 Å². The number of carbonyl (C=O) groups excluding carboxylic acids is 1. The van der Waals surface area contributed by atoms with E-state index in [4.69, 9.17) is 9.63 Å². The molecule has 1 amide bonds. The van der Waals surface area contributed by atoms with Crippen LogP contribution in [0.4, 0.5) is 22.4 Å². The van der Waals surface area contributed by atoms with Gasteiger partial charge < -0.3 is 28.7 Å². The summed E-state index contributed by atoms with van der Waals surface area (Å²) >= 11 is 0. The Hall–Kier alpha value is -1.81. The second kappa shape index (κ2) is 10.5. The third-order valence-electron chi connectivity index (χ3n) is 6.12. The van der Waals surface area contributed by atoms with Gasteiger partial charge in [-0.3, -0.25) is 4.57 Å². The molecule has 1 unspecified atom stereocenters. The summed E-state index contributed by atoms with van der Waals surface area (Å²) in [5.41, 5.74) is -0.813. The van der Waals surface area contributed by atoms with Gasteiger partial charge in [-0.15, -0.1) is 0 Å². The number of sulfonamides is 1. The number of alkyl halides is 3. The van der Waals surface area contributed by atoms with Crippen molar-refractivity contribution >= 4 is 23.9 Å². The third-order valence-corrected chi connectivity index (χ3v) is 8.52. The first-order valence-electron chi connectivity index (χ1n) is 10.6. The van der Waals surface area contributed by atoms with Gasteiger partial charge in [-0.05, 0) is 43.5 Å². The van der Waals surface area contributed by atoms with Crippen LogP contribution in [0.2, 0.25) is 0 Å². The Morgan fingerprint density at radius 2 is 1.92 bits per heavy atom. The van der Waals surface area contributed by atoms with Crippen molar-refractivity contribution in [1.29, 1.82) is 0 Å². The molecule has 0 aliphatic carbocycles. The van der Waals surface area contributed by atoms with Crippen LogP contribution in [0.3, 0.4) is 0 Å². The van der Waals surface area contributed by atoms with E-state index in [1.54, 1.807) is 0 Å². The van der Waals surface area contributed by atoms with Gasteiger partial charge >= 0.3 is 12.3 Å². The molecule has 2 aliphatic rings. The number of likely N-dealkylation sites (N-methyl/N-ethyl adjacent to an activating group) is 1. The van der Waals surface area contributed by atoms with Crippen molar-refractivity contribution < 1.29 is 59.1 Å². The molecular weight excluding hydrogens is 539 g/mol. The predicted octanol–water partition coefficient (Wildman–Crippen LogP) is 1.61. The molecule has 2 saturated heterocycles. The zero-order valence-corrected chi connectivity index (χ0v) is 20.6. The number of carbonyl (C=O) groups is 1. The van der Waals surface area contributed by atoms with E-state index < -0.39 is 60.3 Å². The first kappa shape index (κ1) is 28.8. The number of halogens is 4. The van der Waals surface area contributed by atoms with E-state index in [1.165, 1.54) is 7.05 Å². The highest BCUT2D eigenvalue weighted by Gasteiger charge is 2.48. The molecule has 0 bridgehead atoms. The fourth-order valence-electron chi connectivity index (χ4n) is 4.02. The van der Waals surface area contributed by atoms with Crippen molar-refractivity contribution in [3.8, 4) is 0 Å². The summed E-state index contributed by atoms with van der Waals surface area (Å²) in [6, 6.07) is 3.78. The van der Waals surface area contributed by atoms with E-state index in [2.05, 4.69) is 9.26 Å². The molecule has 1 aromatic carbocycles. The molecular formula is C19H24F4N2O9PS-. The van der Waals surface area contributed by atoms with Gasteiger partial charge in [0, 0.05) is 20.1 Å². The number of ether oxygens (including phenoxy) is 2. The predicted molar refractivity (Wildman–Crippen MR) is 111 cm³/mol. The summed E-state index contributed by atoms with van der Waals surface area (Å²) in [4.78, 5) is 32.2. The van der Waals surface area contributed by atoms with E-state index in [0.717, 1.165) is 33.5 Å². The number of likely N-dealkylation sites (tertiary alicyclic amines) is 1. The molecule has 3 atom stereocenters. The molecule has 36 heavy (non-hydrogen) atoms. The Kier molecular flexibility index (Phi) is 8.40. The molecule has 1 spiro atoms. The Labute approximate surface area is 204 Å². The normalized spacial score (nSPS) is 23.0. The van der Waals surface area contributed by atoms with Crippen molar-refractivity contribution in [2.75, 3.05) is 33.4 Å². The number of phosphoric ester groups is 1. The van der Waals surface area contributed by atoms with Crippen molar-refractivity contribution in [2.45, 2.75) is 48.1 Å². The van der Waals surface area contributed by atoms with Crippen LogP contribution in [0, 0.1) is 5.82 Å². The van der Waals surface area contributed by atoms with Crippen LogP contribution in [0.1, 0.15) is 19.3 Å². The quantitative estimate of drug-likeness (QED) is 0.386. The number of rotatable bonds is 7. The maximum Gasteiger partial charge on any atom is 0.427 e. The van der Waals surface area contributed by atoms with E-state index in [1.807, 2.05) is 0 Å². The molecule has 11 nitrogen and oxygen atoms in total. The lowest BCUT2D eigenvalue weighted by Gasteiger charge is -2.38. The highest BCUT2D eigenvalue weighted by molar-refractivity contribution is 7.89. The van der Waals surface area contributed by atoms with Gasteiger partial charge in [0.15, 0.2) is 0 Å². The van der Waals surface area contributed by atoms with Gasteiger partial charge in [-0.25, -0.2) is 17.6 Å². The van der Waals surface area contributed by atoms with Crippen LogP contribution in [0.5, 0.6) is 0 Å². The van der Waals surface area contributed by atoms with E-state index in [9.17, 15) is 40.2 Å². The van der Waals surface area contributed by atoms with E-state index >= 15 is 0 Å².